The van der Waals surface area contributed by atoms with Crippen molar-refractivity contribution in [2.75, 3.05) is 38.2 Å². The second-order valence-electron chi connectivity index (χ2n) is 8.34. The summed E-state index contributed by atoms with van der Waals surface area (Å²) in [6.45, 7) is 4.15. The molecular weight excluding hydrogens is 440 g/mol. The first-order chi connectivity index (χ1) is 17.1. The van der Waals surface area contributed by atoms with Gasteiger partial charge in [0.25, 0.3) is 5.91 Å². The summed E-state index contributed by atoms with van der Waals surface area (Å²) in [4.78, 5) is 27.6. The molecule has 3 aromatic carbocycles. The van der Waals surface area contributed by atoms with Crippen LogP contribution < -0.4 is 10.6 Å². The number of nitrogens with one attached hydrogen (secondary N) is 2. The van der Waals surface area contributed by atoms with Crippen LogP contribution >= 0.6 is 0 Å². The maximum atomic E-state index is 13.0. The Labute approximate surface area is 205 Å². The van der Waals surface area contributed by atoms with Crippen LogP contribution in [0.2, 0.25) is 0 Å². The zero-order valence-electron chi connectivity index (χ0n) is 19.5. The summed E-state index contributed by atoms with van der Waals surface area (Å²) in [5.41, 5.74) is 4.03. The van der Waals surface area contributed by atoms with Gasteiger partial charge in [-0.15, -0.1) is 0 Å². The van der Waals surface area contributed by atoms with Crippen LogP contribution in [0.1, 0.15) is 27.9 Å². The molecule has 4 rings (SSSR count). The van der Waals surface area contributed by atoms with Crippen molar-refractivity contribution in [2.24, 2.45) is 0 Å². The van der Waals surface area contributed by atoms with Crippen molar-refractivity contribution in [1.82, 2.24) is 10.2 Å². The van der Waals surface area contributed by atoms with E-state index in [0.717, 1.165) is 24.2 Å². The van der Waals surface area contributed by atoms with Gasteiger partial charge >= 0.3 is 0 Å². The Bertz CT molecular complexity index is 1230. The first-order valence-electron chi connectivity index (χ1n) is 11.7. The maximum absolute atomic E-state index is 13.0. The number of nitrogens with zero attached hydrogens (tertiary/aromatic N) is 2. The van der Waals surface area contributed by atoms with Crippen molar-refractivity contribution in [3.8, 4) is 17.2 Å². The van der Waals surface area contributed by atoms with E-state index in [1.807, 2.05) is 48.5 Å². The highest BCUT2D eigenvalue weighted by Gasteiger charge is 2.15. The fourth-order valence-corrected chi connectivity index (χ4v) is 4.08. The highest BCUT2D eigenvalue weighted by atomic mass is 16.5. The van der Waals surface area contributed by atoms with E-state index in [1.54, 1.807) is 24.3 Å². The van der Waals surface area contributed by atoms with E-state index >= 15 is 0 Å². The predicted molar refractivity (Wildman–Crippen MR) is 135 cm³/mol. The number of ether oxygens (including phenoxy) is 1. The van der Waals surface area contributed by atoms with Gasteiger partial charge in [-0.25, -0.2) is 0 Å². The number of carbonyl (C=O) groups is 2. The highest BCUT2D eigenvalue weighted by molar-refractivity contribution is 6.01. The number of anilines is 1. The Morgan fingerprint density at radius 2 is 1.69 bits per heavy atom. The third-order valence-electron chi connectivity index (χ3n) is 5.93. The van der Waals surface area contributed by atoms with Gasteiger partial charge in [0.1, 0.15) is 0 Å². The van der Waals surface area contributed by atoms with Gasteiger partial charge in [0.05, 0.1) is 24.8 Å². The van der Waals surface area contributed by atoms with Crippen LogP contribution in [0.3, 0.4) is 0 Å². The van der Waals surface area contributed by atoms with Gasteiger partial charge in [0.2, 0.25) is 5.91 Å². The molecule has 2 amide bonds. The number of morpholine rings is 1. The summed E-state index contributed by atoms with van der Waals surface area (Å²) in [6, 6.07) is 24.2. The summed E-state index contributed by atoms with van der Waals surface area (Å²) < 4.78 is 5.34. The van der Waals surface area contributed by atoms with E-state index in [2.05, 4.69) is 21.6 Å². The molecule has 7 heteroatoms. The number of carbonyl (C=O) groups excluding carboxylic acids is 2. The van der Waals surface area contributed by atoms with Gasteiger partial charge < -0.3 is 15.4 Å². The molecule has 2 N–H and O–H groups in total. The molecule has 0 aliphatic carbocycles. The minimum atomic E-state index is -0.228. The summed E-state index contributed by atoms with van der Waals surface area (Å²) in [5, 5.41) is 15.4. The lowest BCUT2D eigenvalue weighted by molar-refractivity contribution is -0.116. The molecular formula is C28H28N4O3. The second-order valence-corrected chi connectivity index (χ2v) is 8.34. The van der Waals surface area contributed by atoms with Crippen molar-refractivity contribution in [3.05, 3.63) is 89.5 Å². The molecule has 0 aromatic heterocycles. The molecule has 0 unspecified atom stereocenters. The largest absolute Gasteiger partial charge is 0.379 e. The summed E-state index contributed by atoms with van der Waals surface area (Å²) in [5.74, 6) is -0.268. The fourth-order valence-electron chi connectivity index (χ4n) is 4.08. The van der Waals surface area contributed by atoms with E-state index < -0.39 is 0 Å². The van der Waals surface area contributed by atoms with Crippen LogP contribution in [0.5, 0.6) is 0 Å². The molecule has 7 nitrogen and oxygen atoms in total. The molecule has 0 radical (unpaired) electrons. The van der Waals surface area contributed by atoms with Crippen LogP contribution in [0.15, 0.2) is 72.8 Å². The lowest BCUT2D eigenvalue weighted by atomic mass is 9.95. The van der Waals surface area contributed by atoms with Gasteiger partial charge in [-0.2, -0.15) is 5.26 Å². The number of hydrogen-bond acceptors (Lipinski definition) is 5. The standard InChI is InChI=1S/C28H28N4O3/c29-19-22-7-1-2-9-24(22)25-10-3-4-11-26(25)28(34)30-20-21-6-5-8-23(18-21)31-27(33)12-13-32-14-16-35-17-15-32/h1-11,18H,12-17,20H2,(H,30,34)(H,31,33). The number of nitriles is 1. The Kier molecular flexibility index (Phi) is 8.23. The summed E-state index contributed by atoms with van der Waals surface area (Å²) >= 11 is 0. The summed E-state index contributed by atoms with van der Waals surface area (Å²) in [7, 11) is 0. The van der Waals surface area contributed by atoms with E-state index in [1.165, 1.54) is 0 Å². The average molecular weight is 469 g/mol. The molecule has 1 saturated heterocycles. The van der Waals surface area contributed by atoms with Crippen LogP contribution in [0.25, 0.3) is 11.1 Å². The Hall–Kier alpha value is -3.99. The molecule has 1 aliphatic heterocycles. The number of amides is 2. The molecule has 178 valence electrons. The van der Waals surface area contributed by atoms with E-state index in [-0.39, 0.29) is 11.8 Å². The molecule has 1 fully saturated rings. The monoisotopic (exact) mass is 468 g/mol. The summed E-state index contributed by atoms with van der Waals surface area (Å²) in [6.07, 6.45) is 0.419. The zero-order chi connectivity index (χ0) is 24.5. The van der Waals surface area contributed by atoms with Crippen molar-refractivity contribution in [3.63, 3.8) is 0 Å². The quantitative estimate of drug-likeness (QED) is 0.524. The van der Waals surface area contributed by atoms with Gasteiger partial charge in [0, 0.05) is 49.4 Å². The van der Waals surface area contributed by atoms with Crippen LogP contribution in [0.4, 0.5) is 5.69 Å². The minimum Gasteiger partial charge on any atom is -0.379 e. The second kappa shape index (κ2) is 11.9. The molecule has 0 atom stereocenters. The van der Waals surface area contributed by atoms with Crippen LogP contribution in [-0.4, -0.2) is 49.6 Å². The van der Waals surface area contributed by atoms with Crippen molar-refractivity contribution < 1.29 is 14.3 Å². The van der Waals surface area contributed by atoms with E-state index in [4.69, 9.17) is 4.74 Å². The van der Waals surface area contributed by atoms with Crippen molar-refractivity contribution in [1.29, 1.82) is 5.26 Å². The SMILES string of the molecule is N#Cc1ccccc1-c1ccccc1C(=O)NCc1cccc(NC(=O)CCN2CCOCC2)c1. The molecule has 3 aromatic rings. The first-order valence-corrected chi connectivity index (χ1v) is 11.7. The van der Waals surface area contributed by atoms with Crippen molar-refractivity contribution >= 4 is 17.5 Å². The molecule has 0 spiro atoms. The van der Waals surface area contributed by atoms with E-state index in [0.29, 0.717) is 55.1 Å². The number of benzene rings is 3. The number of rotatable bonds is 8. The third-order valence-corrected chi connectivity index (χ3v) is 5.93. The molecule has 35 heavy (non-hydrogen) atoms. The fraction of sp³-hybridized carbons (Fsp3) is 0.250. The van der Waals surface area contributed by atoms with Gasteiger partial charge in [0.15, 0.2) is 0 Å². The predicted octanol–water partition coefficient (Wildman–Crippen LogP) is 3.82. The van der Waals surface area contributed by atoms with Gasteiger partial charge in [-0.05, 0) is 35.4 Å². The minimum absolute atomic E-state index is 0.0391. The van der Waals surface area contributed by atoms with Gasteiger partial charge in [-0.1, -0.05) is 48.5 Å². The maximum Gasteiger partial charge on any atom is 0.252 e. The Morgan fingerprint density at radius 3 is 2.49 bits per heavy atom. The lowest BCUT2D eigenvalue weighted by Gasteiger charge is -2.26. The smallest absolute Gasteiger partial charge is 0.252 e. The van der Waals surface area contributed by atoms with E-state index in [9.17, 15) is 14.9 Å². The van der Waals surface area contributed by atoms with Crippen LogP contribution in [0, 0.1) is 11.3 Å². The topological polar surface area (TPSA) is 94.5 Å². The first kappa shape index (κ1) is 24.1. The highest BCUT2D eigenvalue weighted by Crippen LogP contribution is 2.27. The number of hydrogen-bond donors (Lipinski definition) is 2. The molecule has 0 saturated carbocycles. The normalized spacial score (nSPS) is 13.6. The lowest BCUT2D eigenvalue weighted by Crippen LogP contribution is -2.38. The molecule has 1 heterocycles. The Morgan fingerprint density at radius 1 is 0.943 bits per heavy atom. The van der Waals surface area contributed by atoms with Gasteiger partial charge in [-0.3, -0.25) is 14.5 Å². The zero-order valence-corrected chi connectivity index (χ0v) is 19.5. The third kappa shape index (κ3) is 6.54. The molecule has 1 aliphatic rings. The molecule has 0 bridgehead atoms. The van der Waals surface area contributed by atoms with Crippen molar-refractivity contribution in [2.45, 2.75) is 13.0 Å². The Balaban J connectivity index is 1.37. The average Bonchev–Trinajstić information content (AvgIpc) is 2.91. The van der Waals surface area contributed by atoms with Crippen LogP contribution in [-0.2, 0) is 16.1 Å².